The molecule has 4 aromatic heterocycles. The topological polar surface area (TPSA) is 16.3 Å². The molecule has 0 saturated carbocycles. The molecule has 7 heteroatoms. The van der Waals surface area contributed by atoms with Gasteiger partial charge in [0.15, 0.2) is 0 Å². The van der Waals surface area contributed by atoms with E-state index in [0.29, 0.717) is 0 Å². The predicted octanol–water partition coefficient (Wildman–Crippen LogP) is 22.0. The summed E-state index contributed by atoms with van der Waals surface area (Å²) in [7, 11) is 0. The van der Waals surface area contributed by atoms with Crippen molar-refractivity contribution in [3.63, 3.8) is 0 Å². The molecular formula is C82H77BN4S2. The molecule has 0 N–H and O–H groups in total. The zero-order valence-corrected chi connectivity index (χ0v) is 55.8. The quantitative estimate of drug-likeness (QED) is 0.163. The standard InChI is InChI=1S/C82H77BN4S2/c1-78(2,3)48-28-35-53(36-29-48)85-68-45-55(84-64-25-19-16-22-56(64)57-23-17-20-26-65(57)84)46-69-72(68)83(77-73(85)62-44-52(82(13,14)15)34-41-71(62)89-77)63-47-61-58-24-18-21-27-70(58)88-76(61)75(74(63)86(69)54-37-30-49(31-38-54)79(4,5)6)87-66-39-32-50(80(7,8)9)42-59(66)60-43-51(81(10,11)12)33-40-67(60)87/h16-47H,1-15H3. The summed E-state index contributed by atoms with van der Waals surface area (Å²) in [6.07, 6.45) is 0. The minimum Gasteiger partial charge on any atom is -0.310 e. The van der Waals surface area contributed by atoms with Crippen LogP contribution in [0.25, 0.3) is 85.2 Å². The van der Waals surface area contributed by atoms with Crippen LogP contribution in [0.1, 0.15) is 132 Å². The van der Waals surface area contributed by atoms with E-state index in [2.05, 4.69) is 317 Å². The van der Waals surface area contributed by atoms with Crippen molar-refractivity contribution in [3.05, 3.63) is 222 Å². The Morgan fingerprint density at radius 2 is 0.719 bits per heavy atom. The molecule has 0 radical (unpaired) electrons. The number of aromatic nitrogens is 2. The molecule has 2 aliphatic rings. The Bertz CT molecular complexity index is 5160. The van der Waals surface area contributed by atoms with Gasteiger partial charge >= 0.3 is 0 Å². The number of thiophene rings is 2. The molecule has 89 heavy (non-hydrogen) atoms. The first-order valence-electron chi connectivity index (χ1n) is 31.9. The Hall–Kier alpha value is -8.36. The van der Waals surface area contributed by atoms with Gasteiger partial charge in [-0.05, 0) is 157 Å². The van der Waals surface area contributed by atoms with Gasteiger partial charge in [0.25, 0.3) is 6.71 Å². The maximum Gasteiger partial charge on any atom is 0.264 e. The van der Waals surface area contributed by atoms with E-state index in [1.54, 1.807) is 0 Å². The maximum absolute atomic E-state index is 2.72. The second-order valence-electron chi connectivity index (χ2n) is 30.7. The minimum absolute atomic E-state index is 0.0231. The molecule has 0 spiro atoms. The monoisotopic (exact) mass is 1190 g/mol. The Kier molecular flexibility index (Phi) is 12.0. The molecule has 0 aliphatic carbocycles. The molecule has 4 nitrogen and oxygen atoms in total. The summed E-state index contributed by atoms with van der Waals surface area (Å²) in [4.78, 5) is 5.40. The largest absolute Gasteiger partial charge is 0.310 e. The van der Waals surface area contributed by atoms with Crippen LogP contribution >= 0.6 is 22.7 Å². The Morgan fingerprint density at radius 1 is 0.303 bits per heavy atom. The van der Waals surface area contributed by atoms with Crippen molar-refractivity contribution < 1.29 is 0 Å². The van der Waals surface area contributed by atoms with E-state index >= 15 is 0 Å². The highest BCUT2D eigenvalue weighted by atomic mass is 32.1. The van der Waals surface area contributed by atoms with Crippen molar-refractivity contribution in [1.29, 1.82) is 0 Å². The SMILES string of the molecule is CC(C)(C)c1ccc(N2c3cc(-n4c5ccccc5c5ccccc54)cc4c3B(c3cc5c(sc6ccccc65)c(-n5c6ccc(C(C)(C)C)cc6c6cc(C(C)(C)C)ccc65)c32)c2sc3ccc(C(C)(C)C)cc3c2N4c2ccc(C(C)(C)C)cc2)cc1. The number of rotatable bonds is 4. The van der Waals surface area contributed by atoms with Gasteiger partial charge in [-0.2, -0.15) is 0 Å². The van der Waals surface area contributed by atoms with Gasteiger partial charge in [-0.25, -0.2) is 0 Å². The normalized spacial score (nSPS) is 13.9. The van der Waals surface area contributed by atoms with Crippen LogP contribution in [0.5, 0.6) is 0 Å². The van der Waals surface area contributed by atoms with E-state index in [1.165, 1.54) is 146 Å². The van der Waals surface area contributed by atoms with Gasteiger partial charge in [-0.3, -0.25) is 0 Å². The summed E-state index contributed by atoms with van der Waals surface area (Å²) >= 11 is 3.93. The highest BCUT2D eigenvalue weighted by molar-refractivity contribution is 7.34. The van der Waals surface area contributed by atoms with E-state index in [-0.39, 0.29) is 33.8 Å². The lowest BCUT2D eigenvalue weighted by molar-refractivity contribution is 0.590. The number of nitrogens with zero attached hydrogens (tertiary/aromatic N) is 4. The van der Waals surface area contributed by atoms with Gasteiger partial charge in [0.2, 0.25) is 0 Å². The van der Waals surface area contributed by atoms with Crippen LogP contribution in [0.15, 0.2) is 194 Å². The highest BCUT2D eigenvalue weighted by Gasteiger charge is 2.48. The summed E-state index contributed by atoms with van der Waals surface area (Å²) in [5.41, 5.74) is 23.3. The van der Waals surface area contributed by atoms with Crippen molar-refractivity contribution in [1.82, 2.24) is 9.13 Å². The third-order valence-electron chi connectivity index (χ3n) is 19.7. The van der Waals surface area contributed by atoms with Crippen molar-refractivity contribution in [2.45, 2.75) is 131 Å². The van der Waals surface area contributed by atoms with Gasteiger partial charge in [0.05, 0.1) is 49.5 Å². The zero-order valence-electron chi connectivity index (χ0n) is 54.2. The fraction of sp³-hybridized carbons (Fsp3) is 0.244. The second kappa shape index (κ2) is 19.1. The molecule has 0 unspecified atom stereocenters. The van der Waals surface area contributed by atoms with Gasteiger partial charge in [0, 0.05) is 74.6 Å². The number of hydrogen-bond donors (Lipinski definition) is 0. The van der Waals surface area contributed by atoms with Crippen LogP contribution in [0.3, 0.4) is 0 Å². The number of hydrogen-bond acceptors (Lipinski definition) is 4. The second-order valence-corrected chi connectivity index (χ2v) is 32.8. The lowest BCUT2D eigenvalue weighted by atomic mass is 9.36. The molecule has 16 rings (SSSR count). The molecule has 14 aromatic rings. The highest BCUT2D eigenvalue weighted by Crippen LogP contribution is 2.54. The fourth-order valence-electron chi connectivity index (χ4n) is 14.7. The molecule has 6 heterocycles. The maximum atomic E-state index is 2.72. The van der Waals surface area contributed by atoms with Crippen LogP contribution < -0.4 is 25.5 Å². The smallest absolute Gasteiger partial charge is 0.264 e. The minimum atomic E-state index is -0.155. The summed E-state index contributed by atoms with van der Waals surface area (Å²) in [6, 6.07) is 76.2. The van der Waals surface area contributed by atoms with Gasteiger partial charge in [-0.1, -0.05) is 207 Å². The summed E-state index contributed by atoms with van der Waals surface area (Å²) < 4.78 is 10.5. The van der Waals surface area contributed by atoms with Gasteiger partial charge in [-0.15, -0.1) is 22.7 Å². The van der Waals surface area contributed by atoms with E-state index in [0.717, 1.165) is 17.1 Å². The fourth-order valence-corrected chi connectivity index (χ4v) is 17.3. The van der Waals surface area contributed by atoms with E-state index in [9.17, 15) is 0 Å². The average molecular weight is 1190 g/mol. The zero-order chi connectivity index (χ0) is 61.7. The molecule has 2 aliphatic heterocycles. The first kappa shape index (κ1) is 55.9. The van der Waals surface area contributed by atoms with Crippen LogP contribution in [-0.2, 0) is 27.1 Å². The van der Waals surface area contributed by atoms with Crippen molar-refractivity contribution in [3.8, 4) is 11.4 Å². The molecule has 10 aromatic carbocycles. The van der Waals surface area contributed by atoms with E-state index in [1.807, 2.05) is 22.7 Å². The van der Waals surface area contributed by atoms with E-state index in [4.69, 9.17) is 0 Å². The summed E-state index contributed by atoms with van der Waals surface area (Å²) in [6.45, 7) is 35.0. The van der Waals surface area contributed by atoms with Gasteiger partial charge < -0.3 is 18.9 Å². The summed E-state index contributed by atoms with van der Waals surface area (Å²) in [5, 5.41) is 8.93. The number of benzene rings is 10. The average Bonchev–Trinajstić information content (AvgIpc) is 1.66. The van der Waals surface area contributed by atoms with E-state index < -0.39 is 0 Å². The third kappa shape index (κ3) is 8.50. The molecule has 0 atom stereocenters. The lowest BCUT2D eigenvalue weighted by Crippen LogP contribution is -2.60. The third-order valence-corrected chi connectivity index (χ3v) is 22.1. The van der Waals surface area contributed by atoms with Crippen molar-refractivity contribution in [2.24, 2.45) is 0 Å². The van der Waals surface area contributed by atoms with Crippen LogP contribution in [0.2, 0.25) is 0 Å². The molecule has 440 valence electrons. The lowest BCUT2D eigenvalue weighted by Gasteiger charge is -2.44. The number of fused-ring (bicyclic) bond motifs is 15. The summed E-state index contributed by atoms with van der Waals surface area (Å²) in [5.74, 6) is 0. The number of anilines is 6. The Morgan fingerprint density at radius 3 is 1.22 bits per heavy atom. The Labute approximate surface area is 532 Å². The molecule has 0 fully saturated rings. The van der Waals surface area contributed by atoms with Crippen LogP contribution in [0.4, 0.5) is 34.1 Å². The first-order chi connectivity index (χ1) is 42.3. The van der Waals surface area contributed by atoms with Crippen molar-refractivity contribution >= 4 is 153 Å². The molecule has 0 saturated heterocycles. The van der Waals surface area contributed by atoms with Crippen LogP contribution in [0, 0.1) is 0 Å². The van der Waals surface area contributed by atoms with Crippen LogP contribution in [-0.4, -0.2) is 15.8 Å². The first-order valence-corrected chi connectivity index (χ1v) is 33.6. The molecular weight excluding hydrogens is 1120 g/mol. The number of para-hydroxylation sites is 2. The van der Waals surface area contributed by atoms with Gasteiger partial charge in [0.1, 0.15) is 0 Å². The van der Waals surface area contributed by atoms with Crippen molar-refractivity contribution in [2.75, 3.05) is 9.80 Å². The molecule has 0 bridgehead atoms. The molecule has 0 amide bonds. The Balaban J connectivity index is 1.14. The predicted molar refractivity (Wildman–Crippen MR) is 391 cm³/mol.